The molecule has 178 valence electrons. The van der Waals surface area contributed by atoms with E-state index in [-0.39, 0.29) is 23.8 Å². The summed E-state index contributed by atoms with van der Waals surface area (Å²) < 4.78 is 11.4. The molecule has 3 aromatic rings. The van der Waals surface area contributed by atoms with Crippen LogP contribution in [0, 0.1) is 5.92 Å². The van der Waals surface area contributed by atoms with Crippen LogP contribution in [0.15, 0.2) is 71.3 Å². The molecule has 34 heavy (non-hydrogen) atoms. The van der Waals surface area contributed by atoms with Gasteiger partial charge in [0, 0.05) is 19.5 Å². The minimum atomic E-state index is -0.662. The first kappa shape index (κ1) is 23.6. The van der Waals surface area contributed by atoms with Gasteiger partial charge in [-0.05, 0) is 54.3 Å². The second-order valence-corrected chi connectivity index (χ2v) is 9.14. The zero-order valence-corrected chi connectivity index (χ0v) is 20.2. The fraction of sp³-hybridized carbons (Fsp3) is 0.357. The number of ether oxygens (including phenoxy) is 1. The van der Waals surface area contributed by atoms with E-state index < -0.39 is 6.10 Å². The Labute approximate surface area is 201 Å². The first-order chi connectivity index (χ1) is 16.3. The van der Waals surface area contributed by atoms with E-state index in [1.54, 1.807) is 31.2 Å². The van der Waals surface area contributed by atoms with Crippen LogP contribution in [0.4, 0.5) is 0 Å². The highest BCUT2D eigenvalue weighted by molar-refractivity contribution is 5.81. The maximum absolute atomic E-state index is 13.1. The number of hydrogen-bond donors (Lipinski definition) is 0. The molecule has 2 aromatic carbocycles. The van der Waals surface area contributed by atoms with Crippen LogP contribution in [0.1, 0.15) is 49.3 Å². The van der Waals surface area contributed by atoms with Crippen LogP contribution in [-0.4, -0.2) is 41.3 Å². The quantitative estimate of drug-likeness (QED) is 0.506. The van der Waals surface area contributed by atoms with E-state index in [2.05, 4.69) is 18.2 Å². The molecule has 0 bridgehead atoms. The first-order valence-electron chi connectivity index (χ1n) is 11.8. The summed E-state index contributed by atoms with van der Waals surface area (Å²) in [5, 5.41) is 0. The Kier molecular flexibility index (Phi) is 7.06. The van der Waals surface area contributed by atoms with Gasteiger partial charge >= 0.3 is 0 Å². The van der Waals surface area contributed by atoms with Crippen LogP contribution in [-0.2, 0) is 22.6 Å². The maximum Gasteiger partial charge on any atom is 0.263 e. The van der Waals surface area contributed by atoms with Crippen molar-refractivity contribution in [2.24, 2.45) is 5.92 Å². The topological polar surface area (TPSA) is 63.0 Å². The molecule has 6 nitrogen and oxygen atoms in total. The molecular weight excluding hydrogens is 428 g/mol. The number of carbonyl (C=O) groups excluding carboxylic acids is 2. The Morgan fingerprint density at radius 1 is 1.09 bits per heavy atom. The molecule has 2 unspecified atom stereocenters. The Morgan fingerprint density at radius 3 is 2.53 bits per heavy atom. The molecule has 2 amide bonds. The van der Waals surface area contributed by atoms with Crippen LogP contribution in [0.2, 0.25) is 0 Å². The third kappa shape index (κ3) is 5.01. The van der Waals surface area contributed by atoms with Crippen molar-refractivity contribution in [1.29, 1.82) is 0 Å². The standard InChI is InChI=1S/C28H32N2O4/c1-19(2)27(31)30-15-14-21-12-13-23(17-25(21)26(30)22-9-6-5-7-10-22)34-20(3)28(32)29(4)18-24-11-8-16-33-24/h5-13,16-17,19-20,26H,14-15,18H2,1-4H3. The van der Waals surface area contributed by atoms with Gasteiger partial charge in [-0.2, -0.15) is 0 Å². The van der Waals surface area contributed by atoms with E-state index >= 15 is 0 Å². The second kappa shape index (κ2) is 10.2. The maximum atomic E-state index is 13.1. The van der Waals surface area contributed by atoms with Gasteiger partial charge in [0.2, 0.25) is 5.91 Å². The SMILES string of the molecule is CC(C)C(=O)N1CCc2ccc(OC(C)C(=O)N(C)Cc3ccco3)cc2C1c1ccccc1. The summed E-state index contributed by atoms with van der Waals surface area (Å²) in [6, 6.07) is 19.5. The van der Waals surface area contributed by atoms with Crippen molar-refractivity contribution in [3.05, 3.63) is 89.4 Å². The summed E-state index contributed by atoms with van der Waals surface area (Å²) in [4.78, 5) is 29.5. The predicted molar refractivity (Wildman–Crippen MR) is 130 cm³/mol. The molecule has 0 saturated carbocycles. The molecule has 0 spiro atoms. The molecule has 2 heterocycles. The second-order valence-electron chi connectivity index (χ2n) is 9.14. The molecular formula is C28H32N2O4. The van der Waals surface area contributed by atoms with Crippen LogP contribution in [0.3, 0.4) is 0 Å². The van der Waals surface area contributed by atoms with Gasteiger partial charge in [-0.15, -0.1) is 0 Å². The van der Waals surface area contributed by atoms with E-state index in [0.29, 0.717) is 18.8 Å². The number of benzene rings is 2. The van der Waals surface area contributed by atoms with E-state index in [0.717, 1.165) is 23.3 Å². The van der Waals surface area contributed by atoms with Crippen LogP contribution in [0.25, 0.3) is 0 Å². The fourth-order valence-electron chi connectivity index (χ4n) is 4.51. The van der Waals surface area contributed by atoms with Crippen LogP contribution >= 0.6 is 0 Å². The third-order valence-electron chi connectivity index (χ3n) is 6.25. The zero-order valence-electron chi connectivity index (χ0n) is 20.2. The lowest BCUT2D eigenvalue weighted by Gasteiger charge is -2.39. The largest absolute Gasteiger partial charge is 0.481 e. The number of likely N-dealkylation sites (N-methyl/N-ethyl adjacent to an activating group) is 1. The lowest BCUT2D eigenvalue weighted by atomic mass is 9.87. The van der Waals surface area contributed by atoms with Crippen LogP contribution in [0.5, 0.6) is 5.75 Å². The summed E-state index contributed by atoms with van der Waals surface area (Å²) in [7, 11) is 1.73. The average molecular weight is 461 g/mol. The third-order valence-corrected chi connectivity index (χ3v) is 6.25. The number of furan rings is 1. The number of amides is 2. The van der Waals surface area contributed by atoms with Crippen LogP contribution < -0.4 is 4.74 Å². The lowest BCUT2D eigenvalue weighted by molar-refractivity contribution is -0.137. The van der Waals surface area contributed by atoms with Crippen molar-refractivity contribution < 1.29 is 18.7 Å². The number of fused-ring (bicyclic) bond motifs is 1. The molecule has 0 aliphatic carbocycles. The number of rotatable bonds is 7. The first-order valence-corrected chi connectivity index (χ1v) is 11.8. The highest BCUT2D eigenvalue weighted by atomic mass is 16.5. The zero-order chi connectivity index (χ0) is 24.2. The Balaban J connectivity index is 1.58. The molecule has 6 heteroatoms. The molecule has 2 atom stereocenters. The van der Waals surface area contributed by atoms with Crippen molar-refractivity contribution in [2.45, 2.75) is 45.9 Å². The Hall–Kier alpha value is -3.54. The normalized spacial score (nSPS) is 16.1. The van der Waals surface area contributed by atoms with Gasteiger partial charge in [-0.3, -0.25) is 9.59 Å². The van der Waals surface area contributed by atoms with Gasteiger partial charge in [-0.1, -0.05) is 50.2 Å². The average Bonchev–Trinajstić information content (AvgIpc) is 3.35. The van der Waals surface area contributed by atoms with Gasteiger partial charge in [-0.25, -0.2) is 0 Å². The van der Waals surface area contributed by atoms with E-state index in [1.807, 2.05) is 55.1 Å². The molecule has 1 aliphatic heterocycles. The van der Waals surface area contributed by atoms with Gasteiger partial charge in [0.15, 0.2) is 6.10 Å². The smallest absolute Gasteiger partial charge is 0.263 e. The van der Waals surface area contributed by atoms with Gasteiger partial charge in [0.25, 0.3) is 5.91 Å². The Morgan fingerprint density at radius 2 is 1.85 bits per heavy atom. The summed E-state index contributed by atoms with van der Waals surface area (Å²) in [6.07, 6.45) is 1.72. The molecule has 0 saturated heterocycles. The van der Waals surface area contributed by atoms with E-state index in [4.69, 9.17) is 9.15 Å². The van der Waals surface area contributed by atoms with Crippen molar-refractivity contribution in [3.63, 3.8) is 0 Å². The highest BCUT2D eigenvalue weighted by Crippen LogP contribution is 2.38. The highest BCUT2D eigenvalue weighted by Gasteiger charge is 2.33. The van der Waals surface area contributed by atoms with Crippen molar-refractivity contribution in [2.75, 3.05) is 13.6 Å². The van der Waals surface area contributed by atoms with Crippen molar-refractivity contribution in [1.82, 2.24) is 9.80 Å². The minimum Gasteiger partial charge on any atom is -0.481 e. The van der Waals surface area contributed by atoms with Crippen molar-refractivity contribution in [3.8, 4) is 5.75 Å². The van der Waals surface area contributed by atoms with Gasteiger partial charge in [0.05, 0.1) is 18.8 Å². The minimum absolute atomic E-state index is 0.0884. The molecule has 0 fully saturated rings. The number of hydrogen-bond acceptors (Lipinski definition) is 4. The molecule has 0 N–H and O–H groups in total. The van der Waals surface area contributed by atoms with Crippen molar-refractivity contribution >= 4 is 11.8 Å². The number of nitrogens with zero attached hydrogens (tertiary/aromatic N) is 2. The molecule has 1 aliphatic rings. The summed E-state index contributed by atoms with van der Waals surface area (Å²) in [5.74, 6) is 1.25. The summed E-state index contributed by atoms with van der Waals surface area (Å²) in [5.41, 5.74) is 3.31. The molecule has 4 rings (SSSR count). The lowest BCUT2D eigenvalue weighted by Crippen LogP contribution is -2.42. The summed E-state index contributed by atoms with van der Waals surface area (Å²) in [6.45, 7) is 6.68. The predicted octanol–water partition coefficient (Wildman–Crippen LogP) is 4.84. The summed E-state index contributed by atoms with van der Waals surface area (Å²) >= 11 is 0. The number of carbonyl (C=O) groups is 2. The molecule has 0 radical (unpaired) electrons. The fourth-order valence-corrected chi connectivity index (χ4v) is 4.51. The molecule has 1 aromatic heterocycles. The monoisotopic (exact) mass is 460 g/mol. The van der Waals surface area contributed by atoms with Gasteiger partial charge in [0.1, 0.15) is 11.5 Å². The van der Waals surface area contributed by atoms with E-state index in [1.165, 1.54) is 5.56 Å². The van der Waals surface area contributed by atoms with Gasteiger partial charge < -0.3 is 19.0 Å². The van der Waals surface area contributed by atoms with E-state index in [9.17, 15) is 9.59 Å². The Bertz CT molecular complexity index is 1120.